The highest BCUT2D eigenvalue weighted by molar-refractivity contribution is 9.10. The number of hydrogen-bond donors (Lipinski definition) is 1. The second kappa shape index (κ2) is 5.57. The standard InChI is InChI=1S/C15H18BrN3/c1-11-9-17-5-6-19(11)10-13-8-14(16)7-12-3-2-4-18-15(12)13/h2-4,7-8,11,17H,5-6,9-10H2,1H3/t11-/m0/s1. The van der Waals surface area contributed by atoms with Crippen molar-refractivity contribution in [2.45, 2.75) is 19.5 Å². The molecule has 0 aliphatic carbocycles. The van der Waals surface area contributed by atoms with Gasteiger partial charge in [0.25, 0.3) is 0 Å². The fourth-order valence-electron chi connectivity index (χ4n) is 2.68. The van der Waals surface area contributed by atoms with Crippen molar-refractivity contribution >= 4 is 26.8 Å². The Balaban J connectivity index is 1.95. The molecule has 3 nitrogen and oxygen atoms in total. The van der Waals surface area contributed by atoms with E-state index in [2.05, 4.69) is 56.3 Å². The molecule has 1 aromatic carbocycles. The Labute approximate surface area is 122 Å². The van der Waals surface area contributed by atoms with Crippen LogP contribution in [0.5, 0.6) is 0 Å². The van der Waals surface area contributed by atoms with Crippen LogP contribution >= 0.6 is 15.9 Å². The predicted octanol–water partition coefficient (Wildman–Crippen LogP) is 2.79. The van der Waals surface area contributed by atoms with Gasteiger partial charge in [0, 0.05) is 48.3 Å². The highest BCUT2D eigenvalue weighted by Crippen LogP contribution is 2.24. The van der Waals surface area contributed by atoms with E-state index in [1.54, 1.807) is 0 Å². The molecule has 100 valence electrons. The lowest BCUT2D eigenvalue weighted by Crippen LogP contribution is -2.49. The number of pyridine rings is 1. The molecule has 1 aromatic heterocycles. The normalized spacial score (nSPS) is 20.8. The summed E-state index contributed by atoms with van der Waals surface area (Å²) in [4.78, 5) is 7.07. The number of piperazine rings is 1. The Kier molecular flexibility index (Phi) is 3.82. The maximum atomic E-state index is 4.55. The average Bonchev–Trinajstić information content (AvgIpc) is 2.41. The van der Waals surface area contributed by atoms with Crippen molar-refractivity contribution in [3.8, 4) is 0 Å². The monoisotopic (exact) mass is 319 g/mol. The summed E-state index contributed by atoms with van der Waals surface area (Å²) < 4.78 is 1.13. The van der Waals surface area contributed by atoms with Gasteiger partial charge in [-0.05, 0) is 30.7 Å². The molecule has 1 atom stereocenters. The molecule has 3 rings (SSSR count). The van der Waals surface area contributed by atoms with E-state index in [0.29, 0.717) is 6.04 Å². The summed E-state index contributed by atoms with van der Waals surface area (Å²) in [6, 6.07) is 9.02. The van der Waals surface area contributed by atoms with Gasteiger partial charge in [0.05, 0.1) is 5.52 Å². The lowest BCUT2D eigenvalue weighted by Gasteiger charge is -2.34. The summed E-state index contributed by atoms with van der Waals surface area (Å²) in [5.41, 5.74) is 2.43. The third-order valence-corrected chi connectivity index (χ3v) is 4.22. The van der Waals surface area contributed by atoms with Crippen LogP contribution in [0.15, 0.2) is 34.9 Å². The molecule has 1 aliphatic rings. The van der Waals surface area contributed by atoms with Crippen LogP contribution in [0, 0.1) is 0 Å². The van der Waals surface area contributed by atoms with Gasteiger partial charge in [0.1, 0.15) is 0 Å². The van der Waals surface area contributed by atoms with Crippen molar-refractivity contribution in [3.63, 3.8) is 0 Å². The minimum absolute atomic E-state index is 0.575. The summed E-state index contributed by atoms with van der Waals surface area (Å²) in [5.74, 6) is 0. The molecule has 1 fully saturated rings. The maximum absolute atomic E-state index is 4.55. The maximum Gasteiger partial charge on any atom is 0.0747 e. The molecule has 0 amide bonds. The molecule has 1 aliphatic heterocycles. The summed E-state index contributed by atoms with van der Waals surface area (Å²) in [7, 11) is 0. The fraction of sp³-hybridized carbons (Fsp3) is 0.400. The number of nitrogens with one attached hydrogen (secondary N) is 1. The molecule has 0 radical (unpaired) electrons. The van der Waals surface area contributed by atoms with Gasteiger partial charge >= 0.3 is 0 Å². The molecule has 0 unspecified atom stereocenters. The quantitative estimate of drug-likeness (QED) is 0.922. The van der Waals surface area contributed by atoms with E-state index in [9.17, 15) is 0 Å². The van der Waals surface area contributed by atoms with Crippen LogP contribution < -0.4 is 5.32 Å². The number of rotatable bonds is 2. The number of nitrogens with zero attached hydrogens (tertiary/aromatic N) is 2. The molecule has 0 saturated carbocycles. The molecule has 2 aromatic rings. The van der Waals surface area contributed by atoms with Crippen LogP contribution in [0.25, 0.3) is 10.9 Å². The van der Waals surface area contributed by atoms with E-state index in [-0.39, 0.29) is 0 Å². The molecule has 0 spiro atoms. The van der Waals surface area contributed by atoms with Gasteiger partial charge in [-0.3, -0.25) is 9.88 Å². The number of halogens is 1. The molecule has 19 heavy (non-hydrogen) atoms. The van der Waals surface area contributed by atoms with Crippen molar-refractivity contribution in [2.75, 3.05) is 19.6 Å². The first-order valence-electron chi connectivity index (χ1n) is 6.72. The molecule has 0 bridgehead atoms. The molecule has 1 saturated heterocycles. The van der Waals surface area contributed by atoms with Crippen molar-refractivity contribution in [1.82, 2.24) is 15.2 Å². The SMILES string of the molecule is C[C@H]1CNCCN1Cc1cc(Br)cc2cccnc12. The first-order valence-corrected chi connectivity index (χ1v) is 7.51. The van der Waals surface area contributed by atoms with Crippen LogP contribution in [-0.4, -0.2) is 35.6 Å². The van der Waals surface area contributed by atoms with Gasteiger partial charge in [-0.2, -0.15) is 0 Å². The Morgan fingerprint density at radius 1 is 1.47 bits per heavy atom. The smallest absolute Gasteiger partial charge is 0.0747 e. The van der Waals surface area contributed by atoms with Crippen molar-refractivity contribution in [1.29, 1.82) is 0 Å². The zero-order chi connectivity index (χ0) is 13.2. The van der Waals surface area contributed by atoms with Gasteiger partial charge in [0.15, 0.2) is 0 Å². The van der Waals surface area contributed by atoms with Crippen molar-refractivity contribution in [2.24, 2.45) is 0 Å². The number of fused-ring (bicyclic) bond motifs is 1. The van der Waals surface area contributed by atoms with Gasteiger partial charge in [0.2, 0.25) is 0 Å². The Hall–Kier alpha value is -0.970. The third-order valence-electron chi connectivity index (χ3n) is 3.76. The molecule has 1 N–H and O–H groups in total. The van der Waals surface area contributed by atoms with Crippen LogP contribution in [0.3, 0.4) is 0 Å². The van der Waals surface area contributed by atoms with E-state index < -0.39 is 0 Å². The third kappa shape index (κ3) is 2.81. The number of benzene rings is 1. The van der Waals surface area contributed by atoms with Crippen molar-refractivity contribution in [3.05, 3.63) is 40.5 Å². The predicted molar refractivity (Wildman–Crippen MR) is 82.2 cm³/mol. The Morgan fingerprint density at radius 2 is 2.37 bits per heavy atom. The zero-order valence-corrected chi connectivity index (χ0v) is 12.7. The highest BCUT2D eigenvalue weighted by Gasteiger charge is 2.19. The van der Waals surface area contributed by atoms with Gasteiger partial charge < -0.3 is 5.32 Å². The van der Waals surface area contributed by atoms with E-state index in [1.807, 2.05) is 12.3 Å². The summed E-state index contributed by atoms with van der Waals surface area (Å²) in [6.07, 6.45) is 1.88. The van der Waals surface area contributed by atoms with Gasteiger partial charge in [-0.15, -0.1) is 0 Å². The summed E-state index contributed by atoms with van der Waals surface area (Å²) >= 11 is 3.60. The molecular formula is C15H18BrN3. The minimum atomic E-state index is 0.575. The van der Waals surface area contributed by atoms with E-state index >= 15 is 0 Å². The van der Waals surface area contributed by atoms with Crippen LogP contribution in [-0.2, 0) is 6.54 Å². The second-order valence-electron chi connectivity index (χ2n) is 5.16. The van der Waals surface area contributed by atoms with Crippen LogP contribution in [0.1, 0.15) is 12.5 Å². The van der Waals surface area contributed by atoms with Gasteiger partial charge in [-0.25, -0.2) is 0 Å². The molecule has 4 heteroatoms. The highest BCUT2D eigenvalue weighted by atomic mass is 79.9. The van der Waals surface area contributed by atoms with E-state index in [0.717, 1.165) is 36.2 Å². The zero-order valence-electron chi connectivity index (χ0n) is 11.1. The molecule has 2 heterocycles. The lowest BCUT2D eigenvalue weighted by atomic mass is 10.1. The minimum Gasteiger partial charge on any atom is -0.314 e. The first kappa shape index (κ1) is 13.0. The summed E-state index contributed by atoms with van der Waals surface area (Å²) in [6.45, 7) is 6.49. The number of hydrogen-bond acceptors (Lipinski definition) is 3. The van der Waals surface area contributed by atoms with Crippen LogP contribution in [0.4, 0.5) is 0 Å². The van der Waals surface area contributed by atoms with E-state index in [4.69, 9.17) is 0 Å². The topological polar surface area (TPSA) is 28.2 Å². The Morgan fingerprint density at radius 3 is 3.21 bits per heavy atom. The number of aromatic nitrogens is 1. The van der Waals surface area contributed by atoms with Crippen molar-refractivity contribution < 1.29 is 0 Å². The first-order chi connectivity index (χ1) is 9.24. The average molecular weight is 320 g/mol. The van der Waals surface area contributed by atoms with E-state index in [1.165, 1.54) is 10.9 Å². The fourth-order valence-corrected chi connectivity index (χ4v) is 3.21. The second-order valence-corrected chi connectivity index (χ2v) is 6.08. The van der Waals surface area contributed by atoms with Gasteiger partial charge in [-0.1, -0.05) is 22.0 Å². The largest absolute Gasteiger partial charge is 0.314 e. The molecular weight excluding hydrogens is 302 g/mol. The van der Waals surface area contributed by atoms with Crippen LogP contribution in [0.2, 0.25) is 0 Å². The Bertz CT molecular complexity index is 585. The summed E-state index contributed by atoms with van der Waals surface area (Å²) in [5, 5.41) is 4.64. The lowest BCUT2D eigenvalue weighted by molar-refractivity contribution is 0.166.